The molecular weight excluding hydrogens is 316 g/mol. The highest BCUT2D eigenvalue weighted by molar-refractivity contribution is 6.00. The molecule has 25 heavy (non-hydrogen) atoms. The second kappa shape index (κ2) is 8.86. The number of carbonyl (C=O) groups is 1. The predicted molar refractivity (Wildman–Crippen MR) is 95.0 cm³/mol. The van der Waals surface area contributed by atoms with E-state index in [1.807, 2.05) is 36.4 Å². The second-order valence-corrected chi connectivity index (χ2v) is 5.71. The molecule has 0 atom stereocenters. The van der Waals surface area contributed by atoms with Crippen molar-refractivity contribution in [3.63, 3.8) is 0 Å². The number of carbonyl (C=O) groups excluding carboxylic acids is 1. The maximum absolute atomic E-state index is 11.1. The van der Waals surface area contributed by atoms with Crippen molar-refractivity contribution in [2.45, 2.75) is 13.8 Å². The number of carboxylic acid groups (broad SMARTS) is 1. The van der Waals surface area contributed by atoms with Gasteiger partial charge in [0.05, 0.1) is 24.6 Å². The number of nitrogens with one attached hydrogen (secondary N) is 1. The summed E-state index contributed by atoms with van der Waals surface area (Å²) in [6.45, 7) is 7.67. The van der Waals surface area contributed by atoms with E-state index in [0.29, 0.717) is 17.9 Å². The zero-order chi connectivity index (χ0) is 18.2. The van der Waals surface area contributed by atoms with Crippen LogP contribution in [0, 0.1) is 11.3 Å². The number of likely N-dealkylation sites (N-methyl/N-ethyl adjacent to an activating group) is 1. The molecule has 0 radical (unpaired) electrons. The molecule has 0 amide bonds. The van der Waals surface area contributed by atoms with Crippen LogP contribution in [0.25, 0.3) is 16.8 Å². The van der Waals surface area contributed by atoms with Crippen molar-refractivity contribution < 1.29 is 19.5 Å². The van der Waals surface area contributed by atoms with Gasteiger partial charge >= 0.3 is 0 Å². The first kappa shape index (κ1) is 18.5. The number of benzene rings is 2. The minimum Gasteiger partial charge on any atom is -0.544 e. The van der Waals surface area contributed by atoms with Gasteiger partial charge in [0.1, 0.15) is 25.0 Å². The molecule has 0 saturated carbocycles. The third-order valence-electron chi connectivity index (χ3n) is 4.27. The lowest BCUT2D eigenvalue weighted by Gasteiger charge is -2.17. The van der Waals surface area contributed by atoms with Crippen molar-refractivity contribution in [2.24, 2.45) is 0 Å². The summed E-state index contributed by atoms with van der Waals surface area (Å²) in [5.74, 6) is -0.923. The second-order valence-electron chi connectivity index (χ2n) is 5.71. The summed E-state index contributed by atoms with van der Waals surface area (Å²) in [4.78, 5) is 12.5. The third kappa shape index (κ3) is 4.59. The van der Waals surface area contributed by atoms with E-state index in [-0.39, 0.29) is 0 Å². The van der Waals surface area contributed by atoms with Gasteiger partial charge in [0.15, 0.2) is 0 Å². The number of quaternary nitrogens is 1. The van der Waals surface area contributed by atoms with E-state index in [1.54, 1.807) is 6.07 Å². The zero-order valence-corrected chi connectivity index (χ0v) is 14.5. The van der Waals surface area contributed by atoms with Crippen LogP contribution in [0.5, 0.6) is 5.75 Å². The van der Waals surface area contributed by atoms with Gasteiger partial charge < -0.3 is 19.5 Å². The first-order valence-electron chi connectivity index (χ1n) is 8.41. The molecule has 0 saturated heterocycles. The van der Waals surface area contributed by atoms with E-state index in [9.17, 15) is 9.90 Å². The normalized spacial score (nSPS) is 11.5. The molecule has 5 nitrogen and oxygen atoms in total. The summed E-state index contributed by atoms with van der Waals surface area (Å²) < 4.78 is 5.92. The summed E-state index contributed by atoms with van der Waals surface area (Å²) in [6, 6.07) is 13.0. The van der Waals surface area contributed by atoms with Crippen LogP contribution >= 0.6 is 0 Å². The third-order valence-corrected chi connectivity index (χ3v) is 4.27. The van der Waals surface area contributed by atoms with E-state index in [0.717, 1.165) is 30.4 Å². The molecule has 0 aromatic heterocycles. The highest BCUT2D eigenvalue weighted by Gasteiger charge is 2.10. The van der Waals surface area contributed by atoms with Gasteiger partial charge in [-0.3, -0.25) is 0 Å². The van der Waals surface area contributed by atoms with Crippen LogP contribution in [0.1, 0.15) is 19.4 Å². The number of nitrogens with zero attached hydrogens (tertiary/aromatic N) is 1. The molecule has 2 rings (SSSR count). The van der Waals surface area contributed by atoms with Crippen molar-refractivity contribution in [1.82, 2.24) is 0 Å². The molecule has 2 aromatic rings. The summed E-state index contributed by atoms with van der Waals surface area (Å²) in [5.41, 5.74) is 0.170. The van der Waals surface area contributed by atoms with Crippen LogP contribution in [0.2, 0.25) is 0 Å². The van der Waals surface area contributed by atoms with Crippen molar-refractivity contribution in [3.8, 4) is 11.8 Å². The fourth-order valence-corrected chi connectivity index (χ4v) is 2.74. The molecule has 1 N–H and O–H groups in total. The van der Waals surface area contributed by atoms with Crippen LogP contribution in [0.3, 0.4) is 0 Å². The molecule has 0 unspecified atom stereocenters. The smallest absolute Gasteiger partial charge is 0.137 e. The van der Waals surface area contributed by atoms with Gasteiger partial charge in [-0.05, 0) is 36.8 Å². The van der Waals surface area contributed by atoms with E-state index < -0.39 is 11.5 Å². The topological polar surface area (TPSA) is 77.6 Å². The number of hydrogen-bond acceptors (Lipinski definition) is 4. The highest BCUT2D eigenvalue weighted by atomic mass is 16.5. The summed E-state index contributed by atoms with van der Waals surface area (Å²) >= 11 is 0. The van der Waals surface area contributed by atoms with Crippen molar-refractivity contribution in [2.75, 3.05) is 26.2 Å². The minimum absolute atomic E-state index is 0.421. The molecule has 5 heteroatoms. The maximum Gasteiger partial charge on any atom is 0.137 e. The van der Waals surface area contributed by atoms with E-state index in [4.69, 9.17) is 10.00 Å². The first-order valence-corrected chi connectivity index (χ1v) is 8.41. The van der Waals surface area contributed by atoms with Gasteiger partial charge in [-0.2, -0.15) is 5.26 Å². The zero-order valence-electron chi connectivity index (χ0n) is 14.5. The number of hydrogen-bond donors (Lipinski definition) is 1. The van der Waals surface area contributed by atoms with Crippen molar-refractivity contribution >= 4 is 22.8 Å². The van der Waals surface area contributed by atoms with Crippen molar-refractivity contribution in [1.29, 1.82) is 5.26 Å². The van der Waals surface area contributed by atoms with Crippen LogP contribution in [-0.4, -0.2) is 32.2 Å². The Hall–Kier alpha value is -2.84. The maximum atomic E-state index is 11.1. The molecule has 0 fully saturated rings. The number of fused-ring (bicyclic) bond motifs is 1. The highest BCUT2D eigenvalue weighted by Crippen LogP contribution is 2.30. The lowest BCUT2D eigenvalue weighted by atomic mass is 10.0. The Balaban J connectivity index is 2.41. The fourth-order valence-electron chi connectivity index (χ4n) is 2.74. The van der Waals surface area contributed by atoms with E-state index >= 15 is 0 Å². The van der Waals surface area contributed by atoms with Gasteiger partial charge in [0.2, 0.25) is 0 Å². The Kier molecular flexibility index (Phi) is 6.55. The summed E-state index contributed by atoms with van der Waals surface area (Å²) in [7, 11) is 0. The standard InChI is InChI=1S/C20H22N2O3/c1-3-22(4-2)11-12-25-19-10-9-15-7-5-6-8-17(15)18(19)13-16(14-21)20(23)24/h5-10,13H,3-4,11-12H2,1-2H3,(H,23,24)/b16-13+. The van der Waals surface area contributed by atoms with Crippen LogP contribution < -0.4 is 14.7 Å². The van der Waals surface area contributed by atoms with Gasteiger partial charge in [-0.25, -0.2) is 0 Å². The molecule has 0 aliphatic carbocycles. The van der Waals surface area contributed by atoms with Crippen LogP contribution in [0.4, 0.5) is 0 Å². The van der Waals surface area contributed by atoms with Crippen LogP contribution in [-0.2, 0) is 4.79 Å². The Morgan fingerprint density at radius 3 is 2.60 bits per heavy atom. The predicted octanol–water partition coefficient (Wildman–Crippen LogP) is 0.800. The average Bonchev–Trinajstić information content (AvgIpc) is 2.63. The average molecular weight is 338 g/mol. The minimum atomic E-state index is -1.49. The van der Waals surface area contributed by atoms with E-state index in [2.05, 4.69) is 13.8 Å². The Labute approximate surface area is 147 Å². The molecule has 0 aliphatic rings. The van der Waals surface area contributed by atoms with Gasteiger partial charge in [0.25, 0.3) is 0 Å². The molecule has 0 spiro atoms. The first-order chi connectivity index (χ1) is 12.1. The van der Waals surface area contributed by atoms with Gasteiger partial charge in [-0.1, -0.05) is 30.3 Å². The van der Waals surface area contributed by atoms with Gasteiger partial charge in [-0.15, -0.1) is 0 Å². The van der Waals surface area contributed by atoms with Crippen molar-refractivity contribution in [3.05, 3.63) is 47.5 Å². The fraction of sp³-hybridized carbons (Fsp3) is 0.300. The SMILES string of the molecule is CC[NH+](CC)CCOc1ccc2ccccc2c1/C=C(\C#N)C(=O)[O-]. The summed E-state index contributed by atoms with van der Waals surface area (Å²) in [6.07, 6.45) is 1.33. The Morgan fingerprint density at radius 2 is 1.96 bits per heavy atom. The quantitative estimate of drug-likeness (QED) is 0.570. The molecule has 0 heterocycles. The molecular formula is C20H22N2O3. The monoisotopic (exact) mass is 338 g/mol. The molecule has 2 aromatic carbocycles. The summed E-state index contributed by atoms with van der Waals surface area (Å²) in [5, 5.41) is 22.0. The number of ether oxygens (including phenoxy) is 1. The lowest BCUT2D eigenvalue weighted by molar-refractivity contribution is -0.896. The molecule has 0 aliphatic heterocycles. The van der Waals surface area contributed by atoms with Gasteiger partial charge in [0, 0.05) is 5.56 Å². The number of rotatable bonds is 8. The number of aliphatic carboxylic acids is 1. The van der Waals surface area contributed by atoms with Crippen LogP contribution in [0.15, 0.2) is 42.0 Å². The molecule has 0 bridgehead atoms. The number of nitriles is 1. The largest absolute Gasteiger partial charge is 0.544 e. The Morgan fingerprint density at radius 1 is 1.24 bits per heavy atom. The van der Waals surface area contributed by atoms with E-state index in [1.165, 1.54) is 11.0 Å². The molecule has 130 valence electrons. The Bertz CT molecular complexity index is 817. The lowest BCUT2D eigenvalue weighted by Crippen LogP contribution is -3.12. The number of carboxylic acids is 1.